The van der Waals surface area contributed by atoms with Crippen molar-refractivity contribution in [2.75, 3.05) is 6.61 Å². The molecule has 90 valence electrons. The molecule has 2 heterocycles. The molecule has 1 aromatic rings. The number of nitrogens with two attached hydrogens (primary N) is 1. The number of hydrogen-bond donors (Lipinski definition) is 1. The maximum atomic E-state index is 11.2. The van der Waals surface area contributed by atoms with Crippen LogP contribution in [-0.4, -0.2) is 29.8 Å². The summed E-state index contributed by atoms with van der Waals surface area (Å²) in [6.07, 6.45) is 0.732. The van der Waals surface area contributed by atoms with Gasteiger partial charge in [-0.2, -0.15) is 0 Å². The monoisotopic (exact) mass is 246 g/mol. The lowest BCUT2D eigenvalue weighted by Crippen LogP contribution is -2.19. The van der Waals surface area contributed by atoms with Gasteiger partial charge in [0.05, 0.1) is 0 Å². The number of aromatic nitrogens is 3. The molecule has 2 N–H and O–H groups in total. The number of primary sulfonamides is 1. The van der Waals surface area contributed by atoms with Crippen LogP contribution in [0.3, 0.4) is 0 Å². The van der Waals surface area contributed by atoms with Crippen molar-refractivity contribution >= 4 is 10.0 Å². The second kappa shape index (κ2) is 3.79. The first-order valence-corrected chi connectivity index (χ1v) is 6.49. The Bertz CT molecular complexity index is 495. The van der Waals surface area contributed by atoms with Crippen molar-refractivity contribution in [3.8, 4) is 0 Å². The van der Waals surface area contributed by atoms with Crippen LogP contribution in [0.2, 0.25) is 0 Å². The molecule has 0 bridgehead atoms. The van der Waals surface area contributed by atoms with Gasteiger partial charge in [0, 0.05) is 13.7 Å². The van der Waals surface area contributed by atoms with Crippen molar-refractivity contribution < 1.29 is 13.2 Å². The average molecular weight is 246 g/mol. The van der Waals surface area contributed by atoms with Crippen LogP contribution in [0.25, 0.3) is 0 Å². The van der Waals surface area contributed by atoms with Gasteiger partial charge in [-0.1, -0.05) is 6.92 Å². The maximum Gasteiger partial charge on any atom is 0.273 e. The van der Waals surface area contributed by atoms with Gasteiger partial charge in [0.25, 0.3) is 15.2 Å². The van der Waals surface area contributed by atoms with Gasteiger partial charge in [0.1, 0.15) is 6.10 Å². The zero-order valence-electron chi connectivity index (χ0n) is 9.12. The molecular weight excluding hydrogens is 232 g/mol. The Kier molecular flexibility index (Phi) is 2.72. The van der Waals surface area contributed by atoms with Crippen LogP contribution in [0.1, 0.15) is 25.3 Å². The summed E-state index contributed by atoms with van der Waals surface area (Å²) in [4.78, 5) is 0. The van der Waals surface area contributed by atoms with Gasteiger partial charge in [0.2, 0.25) is 0 Å². The molecule has 7 nitrogen and oxygen atoms in total. The zero-order valence-corrected chi connectivity index (χ0v) is 9.94. The fraction of sp³-hybridized carbons (Fsp3) is 0.750. The number of sulfonamides is 1. The van der Waals surface area contributed by atoms with Crippen molar-refractivity contribution in [3.05, 3.63) is 5.82 Å². The largest absolute Gasteiger partial charge is 0.370 e. The fourth-order valence-electron chi connectivity index (χ4n) is 1.85. The Morgan fingerprint density at radius 2 is 2.19 bits per heavy atom. The number of nitrogens with zero attached hydrogens (tertiary/aromatic N) is 3. The lowest BCUT2D eigenvalue weighted by atomic mass is 10.0. The van der Waals surface area contributed by atoms with E-state index in [0.29, 0.717) is 18.3 Å². The molecule has 1 fully saturated rings. The van der Waals surface area contributed by atoms with Crippen LogP contribution in [0.15, 0.2) is 5.16 Å². The Morgan fingerprint density at radius 3 is 2.62 bits per heavy atom. The van der Waals surface area contributed by atoms with E-state index >= 15 is 0 Å². The zero-order chi connectivity index (χ0) is 11.9. The molecule has 2 atom stereocenters. The quantitative estimate of drug-likeness (QED) is 0.762. The van der Waals surface area contributed by atoms with E-state index in [1.165, 1.54) is 4.57 Å². The Hall–Kier alpha value is -0.990. The summed E-state index contributed by atoms with van der Waals surface area (Å²) in [5.41, 5.74) is 0. The minimum atomic E-state index is -3.83. The van der Waals surface area contributed by atoms with E-state index in [0.717, 1.165) is 6.42 Å². The molecule has 0 aliphatic carbocycles. The van der Waals surface area contributed by atoms with Gasteiger partial charge in [-0.15, -0.1) is 10.2 Å². The molecule has 1 aromatic heterocycles. The molecular formula is C8H14N4O3S. The molecule has 1 aliphatic heterocycles. The third kappa shape index (κ3) is 1.83. The average Bonchev–Trinajstić information content (AvgIpc) is 2.70. The lowest BCUT2D eigenvalue weighted by molar-refractivity contribution is 0.0843. The first-order chi connectivity index (χ1) is 7.41. The topological polar surface area (TPSA) is 100 Å². The first-order valence-electron chi connectivity index (χ1n) is 4.95. The second-order valence-electron chi connectivity index (χ2n) is 4.00. The fourth-order valence-corrected chi connectivity index (χ4v) is 2.48. The predicted octanol–water partition coefficient (Wildman–Crippen LogP) is -0.440. The van der Waals surface area contributed by atoms with Crippen molar-refractivity contribution in [1.82, 2.24) is 14.8 Å². The molecule has 16 heavy (non-hydrogen) atoms. The summed E-state index contributed by atoms with van der Waals surface area (Å²) in [5.74, 6) is 0.810. The predicted molar refractivity (Wildman–Crippen MR) is 54.9 cm³/mol. The van der Waals surface area contributed by atoms with Gasteiger partial charge in [-0.25, -0.2) is 13.6 Å². The molecule has 0 spiro atoms. The van der Waals surface area contributed by atoms with Gasteiger partial charge < -0.3 is 9.30 Å². The second-order valence-corrected chi connectivity index (χ2v) is 5.46. The summed E-state index contributed by atoms with van der Waals surface area (Å²) in [7, 11) is -2.25. The summed E-state index contributed by atoms with van der Waals surface area (Å²) in [5, 5.41) is 12.2. The van der Waals surface area contributed by atoms with Gasteiger partial charge in [-0.3, -0.25) is 0 Å². The van der Waals surface area contributed by atoms with E-state index in [9.17, 15) is 8.42 Å². The highest BCUT2D eigenvalue weighted by Crippen LogP contribution is 2.33. The SMILES string of the molecule is CC1CCOC1c1nnc(S(N)(=O)=O)n1C. The lowest BCUT2D eigenvalue weighted by Gasteiger charge is -2.13. The van der Waals surface area contributed by atoms with E-state index in [1.54, 1.807) is 7.05 Å². The van der Waals surface area contributed by atoms with E-state index in [4.69, 9.17) is 9.88 Å². The van der Waals surface area contributed by atoms with Crippen LogP contribution in [0, 0.1) is 5.92 Å². The van der Waals surface area contributed by atoms with E-state index in [2.05, 4.69) is 10.2 Å². The van der Waals surface area contributed by atoms with Crippen LogP contribution >= 0.6 is 0 Å². The smallest absolute Gasteiger partial charge is 0.273 e. The Labute approximate surface area is 93.7 Å². The summed E-state index contributed by atoms with van der Waals surface area (Å²) in [6, 6.07) is 0. The number of ether oxygens (including phenoxy) is 1. The third-order valence-corrected chi connectivity index (χ3v) is 3.63. The number of hydrogen-bond acceptors (Lipinski definition) is 5. The summed E-state index contributed by atoms with van der Waals surface area (Å²) in [6.45, 7) is 2.69. The molecule has 0 saturated carbocycles. The van der Waals surface area contributed by atoms with Crippen molar-refractivity contribution in [3.63, 3.8) is 0 Å². The molecule has 0 aromatic carbocycles. The molecule has 0 amide bonds. The normalized spacial score (nSPS) is 26.2. The molecule has 0 radical (unpaired) electrons. The van der Waals surface area contributed by atoms with Gasteiger partial charge >= 0.3 is 0 Å². The van der Waals surface area contributed by atoms with Gasteiger partial charge in [0.15, 0.2) is 5.82 Å². The molecule has 1 saturated heterocycles. The molecule has 8 heteroatoms. The minimum Gasteiger partial charge on any atom is -0.370 e. The van der Waals surface area contributed by atoms with Crippen LogP contribution in [-0.2, 0) is 21.8 Å². The number of rotatable bonds is 2. The minimum absolute atomic E-state index is 0.201. The highest BCUT2D eigenvalue weighted by molar-refractivity contribution is 7.89. The van der Waals surface area contributed by atoms with Crippen molar-refractivity contribution in [2.24, 2.45) is 18.1 Å². The van der Waals surface area contributed by atoms with Crippen LogP contribution in [0.4, 0.5) is 0 Å². The maximum absolute atomic E-state index is 11.2. The Morgan fingerprint density at radius 1 is 1.50 bits per heavy atom. The Balaban J connectivity index is 2.41. The van der Waals surface area contributed by atoms with Crippen LogP contribution < -0.4 is 5.14 Å². The summed E-state index contributed by atoms with van der Waals surface area (Å²) >= 11 is 0. The van der Waals surface area contributed by atoms with E-state index < -0.39 is 10.0 Å². The molecule has 1 aliphatic rings. The van der Waals surface area contributed by atoms with E-state index in [1.807, 2.05) is 6.92 Å². The molecule has 2 unspecified atom stereocenters. The third-order valence-electron chi connectivity index (χ3n) is 2.76. The highest BCUT2D eigenvalue weighted by Gasteiger charge is 2.32. The van der Waals surface area contributed by atoms with Crippen molar-refractivity contribution in [1.29, 1.82) is 0 Å². The van der Waals surface area contributed by atoms with Gasteiger partial charge in [-0.05, 0) is 12.3 Å². The summed E-state index contributed by atoms with van der Waals surface area (Å²) < 4.78 is 29.2. The van der Waals surface area contributed by atoms with E-state index in [-0.39, 0.29) is 11.3 Å². The standard InChI is InChI=1S/C8H14N4O3S/c1-5-3-4-15-6(5)7-10-11-8(12(7)2)16(9,13)14/h5-6H,3-4H2,1-2H3,(H2,9,13,14). The molecule has 2 rings (SSSR count). The highest BCUT2D eigenvalue weighted by atomic mass is 32.2. The van der Waals surface area contributed by atoms with Crippen LogP contribution in [0.5, 0.6) is 0 Å². The first kappa shape index (κ1) is 11.5. The van der Waals surface area contributed by atoms with Crippen molar-refractivity contribution in [2.45, 2.75) is 24.6 Å².